The third-order valence-electron chi connectivity index (χ3n) is 6.46. The van der Waals surface area contributed by atoms with Crippen LogP contribution in [0.5, 0.6) is 11.5 Å². The smallest absolute Gasteiger partial charge is 0.244 e. The van der Waals surface area contributed by atoms with E-state index in [1.54, 1.807) is 12.1 Å². The van der Waals surface area contributed by atoms with Crippen LogP contribution in [0.2, 0.25) is 0 Å². The summed E-state index contributed by atoms with van der Waals surface area (Å²) >= 11 is 0. The van der Waals surface area contributed by atoms with Crippen molar-refractivity contribution in [3.05, 3.63) is 54.1 Å². The molecule has 2 aromatic rings. The number of amides is 1. The molecule has 1 atom stereocenters. The molecule has 0 N–H and O–H groups in total. The molecule has 10 heteroatoms. The van der Waals surface area contributed by atoms with Gasteiger partial charge in [0.15, 0.2) is 11.5 Å². The van der Waals surface area contributed by atoms with Crippen LogP contribution in [-0.2, 0) is 19.6 Å². The first-order valence-corrected chi connectivity index (χ1v) is 13.0. The van der Waals surface area contributed by atoms with E-state index in [0.29, 0.717) is 77.2 Å². The number of fused-ring (bicyclic) bond motifs is 1. The van der Waals surface area contributed by atoms with Crippen molar-refractivity contribution in [3.8, 4) is 11.5 Å². The average Bonchev–Trinajstić information content (AvgIpc) is 2.90. The van der Waals surface area contributed by atoms with Crippen molar-refractivity contribution in [2.45, 2.75) is 10.9 Å². The van der Waals surface area contributed by atoms with Gasteiger partial charge in [0.1, 0.15) is 19.3 Å². The van der Waals surface area contributed by atoms with Gasteiger partial charge in [-0.3, -0.25) is 9.69 Å². The summed E-state index contributed by atoms with van der Waals surface area (Å²) in [5.41, 5.74) is 0.919. The maximum Gasteiger partial charge on any atom is 0.244 e. The van der Waals surface area contributed by atoms with Crippen LogP contribution in [0.3, 0.4) is 0 Å². The van der Waals surface area contributed by atoms with E-state index in [-0.39, 0.29) is 10.8 Å². The van der Waals surface area contributed by atoms with Crippen molar-refractivity contribution >= 4 is 15.9 Å². The fourth-order valence-electron chi connectivity index (χ4n) is 4.64. The van der Waals surface area contributed by atoms with Crippen LogP contribution in [0.15, 0.2) is 53.4 Å². The Morgan fingerprint density at radius 1 is 0.794 bits per heavy atom. The molecule has 3 aliphatic heterocycles. The molecule has 0 bridgehead atoms. The van der Waals surface area contributed by atoms with Gasteiger partial charge in [0.2, 0.25) is 15.9 Å². The van der Waals surface area contributed by atoms with Gasteiger partial charge in [-0.2, -0.15) is 4.31 Å². The number of rotatable bonds is 5. The molecule has 0 saturated carbocycles. The fraction of sp³-hybridized carbons (Fsp3) is 0.458. The monoisotopic (exact) mass is 487 g/mol. The molecule has 1 unspecified atom stereocenters. The van der Waals surface area contributed by atoms with Crippen molar-refractivity contribution in [2.75, 3.05) is 65.7 Å². The number of hydrogen-bond donors (Lipinski definition) is 0. The number of carbonyl (C=O) groups excluding carboxylic acids is 1. The van der Waals surface area contributed by atoms with Crippen LogP contribution >= 0.6 is 0 Å². The first-order valence-electron chi connectivity index (χ1n) is 11.6. The second-order valence-electron chi connectivity index (χ2n) is 8.50. The molecular formula is C24H29N3O6S. The summed E-state index contributed by atoms with van der Waals surface area (Å²) in [5, 5.41) is 0. The SMILES string of the molecule is O=C(C(c1ccccc1)N1CCN(S(=O)(=O)c2ccc3c(c2)OCCO3)CC1)N1CCOCC1. The number of piperazine rings is 1. The largest absolute Gasteiger partial charge is 0.486 e. The highest BCUT2D eigenvalue weighted by Gasteiger charge is 2.36. The summed E-state index contributed by atoms with van der Waals surface area (Å²) in [7, 11) is -3.69. The molecule has 0 aliphatic carbocycles. The van der Waals surface area contributed by atoms with Crippen molar-refractivity contribution in [3.63, 3.8) is 0 Å². The predicted octanol–water partition coefficient (Wildman–Crippen LogP) is 1.36. The fourth-order valence-corrected chi connectivity index (χ4v) is 6.08. The molecule has 182 valence electrons. The molecule has 2 fully saturated rings. The van der Waals surface area contributed by atoms with E-state index in [4.69, 9.17) is 14.2 Å². The lowest BCUT2D eigenvalue weighted by Gasteiger charge is -2.40. The minimum atomic E-state index is -3.69. The summed E-state index contributed by atoms with van der Waals surface area (Å²) < 4.78 is 44.6. The zero-order chi connectivity index (χ0) is 23.5. The van der Waals surface area contributed by atoms with E-state index in [9.17, 15) is 13.2 Å². The summed E-state index contributed by atoms with van der Waals surface area (Å²) in [6, 6.07) is 14.0. The summed E-state index contributed by atoms with van der Waals surface area (Å²) in [6.45, 7) is 4.58. The first-order chi connectivity index (χ1) is 16.5. The Hall–Kier alpha value is -2.66. The standard InChI is InChI=1S/C24H29N3O6S/c28-24(26-12-14-31-15-13-26)23(19-4-2-1-3-5-19)25-8-10-27(11-9-25)34(29,30)20-6-7-21-22(18-20)33-17-16-32-21/h1-7,18,23H,8-17H2. The lowest BCUT2D eigenvalue weighted by atomic mass is 10.0. The van der Waals surface area contributed by atoms with Gasteiger partial charge < -0.3 is 19.1 Å². The summed E-state index contributed by atoms with van der Waals surface area (Å²) in [4.78, 5) is 17.6. The van der Waals surface area contributed by atoms with Crippen LogP contribution < -0.4 is 9.47 Å². The van der Waals surface area contributed by atoms with E-state index in [1.807, 2.05) is 35.2 Å². The zero-order valence-corrected chi connectivity index (χ0v) is 19.8. The van der Waals surface area contributed by atoms with Gasteiger partial charge in [-0.1, -0.05) is 30.3 Å². The quantitative estimate of drug-likeness (QED) is 0.629. The van der Waals surface area contributed by atoms with E-state index in [2.05, 4.69) is 4.90 Å². The van der Waals surface area contributed by atoms with Crippen molar-refractivity contribution in [1.82, 2.24) is 14.1 Å². The second-order valence-corrected chi connectivity index (χ2v) is 10.4. The van der Waals surface area contributed by atoms with Gasteiger partial charge in [0.25, 0.3) is 0 Å². The van der Waals surface area contributed by atoms with Gasteiger partial charge >= 0.3 is 0 Å². The Morgan fingerprint density at radius 2 is 1.47 bits per heavy atom. The lowest BCUT2D eigenvalue weighted by molar-refractivity contribution is -0.142. The molecule has 0 spiro atoms. The maximum atomic E-state index is 13.5. The molecule has 5 rings (SSSR count). The van der Waals surface area contributed by atoms with Crippen molar-refractivity contribution < 1.29 is 27.4 Å². The van der Waals surface area contributed by atoms with Crippen LogP contribution in [0, 0.1) is 0 Å². The number of carbonyl (C=O) groups is 1. The predicted molar refractivity (Wildman–Crippen MR) is 124 cm³/mol. The molecular weight excluding hydrogens is 458 g/mol. The zero-order valence-electron chi connectivity index (χ0n) is 19.0. The highest BCUT2D eigenvalue weighted by Crippen LogP contribution is 2.34. The van der Waals surface area contributed by atoms with Crippen LogP contribution in [0.25, 0.3) is 0 Å². The Morgan fingerprint density at radius 3 is 2.18 bits per heavy atom. The summed E-state index contributed by atoms with van der Waals surface area (Å²) in [5.74, 6) is 1.05. The molecule has 9 nitrogen and oxygen atoms in total. The first kappa shape index (κ1) is 23.1. The minimum absolute atomic E-state index is 0.0395. The number of morpholine rings is 1. The topological polar surface area (TPSA) is 88.6 Å². The molecule has 0 aromatic heterocycles. The average molecular weight is 488 g/mol. The summed E-state index contributed by atoms with van der Waals surface area (Å²) in [6.07, 6.45) is 0. The van der Waals surface area contributed by atoms with Gasteiger partial charge in [-0.05, 0) is 17.7 Å². The normalized spacial score (nSPS) is 20.6. The van der Waals surface area contributed by atoms with Gasteiger partial charge in [-0.15, -0.1) is 0 Å². The number of benzene rings is 2. The van der Waals surface area contributed by atoms with Gasteiger partial charge in [-0.25, -0.2) is 8.42 Å². The van der Waals surface area contributed by atoms with Crippen molar-refractivity contribution in [1.29, 1.82) is 0 Å². The Labute approximate surface area is 199 Å². The Balaban J connectivity index is 1.32. The number of nitrogens with zero attached hydrogens (tertiary/aromatic N) is 3. The maximum absolute atomic E-state index is 13.5. The Kier molecular flexibility index (Phi) is 6.73. The van der Waals surface area contributed by atoms with E-state index < -0.39 is 16.1 Å². The highest BCUT2D eigenvalue weighted by atomic mass is 32.2. The molecule has 2 aromatic carbocycles. The van der Waals surface area contributed by atoms with Crippen LogP contribution in [0.4, 0.5) is 0 Å². The van der Waals surface area contributed by atoms with Gasteiger partial charge in [0, 0.05) is 45.3 Å². The number of ether oxygens (including phenoxy) is 3. The van der Waals surface area contributed by atoms with E-state index >= 15 is 0 Å². The lowest BCUT2D eigenvalue weighted by Crippen LogP contribution is -2.54. The van der Waals surface area contributed by atoms with Crippen LogP contribution in [0.1, 0.15) is 11.6 Å². The molecule has 1 amide bonds. The molecule has 3 aliphatic rings. The van der Waals surface area contributed by atoms with E-state index in [0.717, 1.165) is 5.56 Å². The molecule has 3 heterocycles. The van der Waals surface area contributed by atoms with Crippen LogP contribution in [-0.4, -0.2) is 94.1 Å². The highest BCUT2D eigenvalue weighted by molar-refractivity contribution is 7.89. The minimum Gasteiger partial charge on any atom is -0.486 e. The Bertz CT molecular complexity index is 1110. The number of sulfonamides is 1. The van der Waals surface area contributed by atoms with Gasteiger partial charge in [0.05, 0.1) is 18.1 Å². The van der Waals surface area contributed by atoms with E-state index in [1.165, 1.54) is 10.4 Å². The van der Waals surface area contributed by atoms with Crippen molar-refractivity contribution in [2.24, 2.45) is 0 Å². The third kappa shape index (κ3) is 4.63. The molecule has 2 saturated heterocycles. The molecule has 0 radical (unpaired) electrons. The number of hydrogen-bond acceptors (Lipinski definition) is 7. The second kappa shape index (κ2) is 9.91. The molecule has 34 heavy (non-hydrogen) atoms. The third-order valence-corrected chi connectivity index (χ3v) is 8.36.